The summed E-state index contributed by atoms with van der Waals surface area (Å²) in [6, 6.07) is 4.86. The van der Waals surface area contributed by atoms with Crippen molar-refractivity contribution in [3.05, 3.63) is 34.7 Å². The molecular formula is C13H17NO4S2. The monoisotopic (exact) mass is 315 g/mol. The van der Waals surface area contributed by atoms with Crippen LogP contribution in [-0.4, -0.2) is 27.8 Å². The van der Waals surface area contributed by atoms with Crippen LogP contribution in [0, 0.1) is 0 Å². The molecule has 1 aliphatic heterocycles. The first-order valence-electron chi connectivity index (χ1n) is 6.18. The highest BCUT2D eigenvalue weighted by Crippen LogP contribution is 2.35. The molecule has 0 amide bonds. The Bertz CT molecular complexity index is 775. The molecule has 0 unspecified atom stereocenters. The fraction of sp³-hybridized carbons (Fsp3) is 0.385. The van der Waals surface area contributed by atoms with E-state index in [2.05, 4.69) is 0 Å². The van der Waals surface area contributed by atoms with Crippen LogP contribution in [0.5, 0.6) is 0 Å². The van der Waals surface area contributed by atoms with E-state index in [0.29, 0.717) is 16.7 Å². The number of hydrogen-bond donors (Lipinski definition) is 1. The fourth-order valence-electron chi connectivity index (χ4n) is 2.00. The second-order valence-corrected chi connectivity index (χ2v) is 9.40. The van der Waals surface area contributed by atoms with Crippen molar-refractivity contribution >= 4 is 25.2 Å². The first kappa shape index (κ1) is 15.2. The Morgan fingerprint density at radius 2 is 1.90 bits per heavy atom. The van der Waals surface area contributed by atoms with Crippen LogP contribution in [0.1, 0.15) is 25.0 Å². The average molecular weight is 315 g/mol. The van der Waals surface area contributed by atoms with E-state index in [-0.39, 0.29) is 17.2 Å². The molecule has 20 heavy (non-hydrogen) atoms. The first-order chi connectivity index (χ1) is 9.17. The van der Waals surface area contributed by atoms with Crippen LogP contribution < -0.4 is 5.73 Å². The summed E-state index contributed by atoms with van der Waals surface area (Å²) >= 11 is 0. The SMILES string of the molecule is CC(C)S(=O)(=O)CC1=CS(=O)(=O)c2cc(CN)ccc21. The van der Waals surface area contributed by atoms with Crippen molar-refractivity contribution in [3.63, 3.8) is 0 Å². The summed E-state index contributed by atoms with van der Waals surface area (Å²) in [5, 5.41) is 0.510. The van der Waals surface area contributed by atoms with Gasteiger partial charge in [0.2, 0.25) is 9.84 Å². The standard InChI is InChI=1S/C13H17NO4S2/c1-9(2)19(15,16)7-11-8-20(17,18)13-5-10(6-14)3-4-12(11)13/h3-5,8-9H,6-7,14H2,1-2H3. The molecule has 0 aliphatic carbocycles. The quantitative estimate of drug-likeness (QED) is 0.897. The van der Waals surface area contributed by atoms with Crippen molar-refractivity contribution in [2.24, 2.45) is 5.73 Å². The molecular weight excluding hydrogens is 298 g/mol. The Balaban J connectivity index is 2.51. The van der Waals surface area contributed by atoms with Gasteiger partial charge in [0.15, 0.2) is 9.84 Å². The zero-order chi connectivity index (χ0) is 15.1. The predicted molar refractivity (Wildman–Crippen MR) is 78.4 cm³/mol. The van der Waals surface area contributed by atoms with Crippen LogP contribution in [-0.2, 0) is 26.2 Å². The fourth-order valence-corrected chi connectivity index (χ4v) is 4.65. The first-order valence-corrected chi connectivity index (χ1v) is 9.44. The van der Waals surface area contributed by atoms with Gasteiger partial charge in [0.25, 0.3) is 0 Å². The molecule has 0 fully saturated rings. The lowest BCUT2D eigenvalue weighted by Gasteiger charge is -2.09. The van der Waals surface area contributed by atoms with E-state index in [4.69, 9.17) is 5.73 Å². The normalized spacial score (nSPS) is 17.1. The van der Waals surface area contributed by atoms with Gasteiger partial charge in [-0.1, -0.05) is 12.1 Å². The van der Waals surface area contributed by atoms with E-state index < -0.39 is 24.9 Å². The second kappa shape index (κ2) is 4.98. The topological polar surface area (TPSA) is 94.3 Å². The van der Waals surface area contributed by atoms with Crippen LogP contribution in [0.15, 0.2) is 28.5 Å². The maximum atomic E-state index is 12.1. The molecule has 0 bridgehead atoms. The van der Waals surface area contributed by atoms with Crippen molar-refractivity contribution in [3.8, 4) is 0 Å². The number of nitrogens with two attached hydrogens (primary N) is 1. The average Bonchev–Trinajstić information content (AvgIpc) is 2.59. The molecule has 5 nitrogen and oxygen atoms in total. The summed E-state index contributed by atoms with van der Waals surface area (Å²) in [5.41, 5.74) is 7.00. The number of hydrogen-bond acceptors (Lipinski definition) is 5. The maximum Gasteiger partial charge on any atom is 0.200 e. The summed E-state index contributed by atoms with van der Waals surface area (Å²) < 4.78 is 48.1. The van der Waals surface area contributed by atoms with Gasteiger partial charge in [-0.3, -0.25) is 0 Å². The van der Waals surface area contributed by atoms with E-state index in [1.54, 1.807) is 26.0 Å². The molecule has 1 aromatic carbocycles. The molecule has 1 aliphatic rings. The van der Waals surface area contributed by atoms with E-state index in [1.807, 2.05) is 0 Å². The zero-order valence-electron chi connectivity index (χ0n) is 11.3. The van der Waals surface area contributed by atoms with Crippen molar-refractivity contribution in [1.82, 2.24) is 0 Å². The van der Waals surface area contributed by atoms with Gasteiger partial charge in [0, 0.05) is 12.0 Å². The zero-order valence-corrected chi connectivity index (χ0v) is 13.0. The van der Waals surface area contributed by atoms with E-state index in [0.717, 1.165) is 5.41 Å². The molecule has 2 rings (SSSR count). The summed E-state index contributed by atoms with van der Waals surface area (Å²) in [6.07, 6.45) is 0. The van der Waals surface area contributed by atoms with Crippen molar-refractivity contribution in [2.75, 3.05) is 5.75 Å². The van der Waals surface area contributed by atoms with Gasteiger partial charge in [-0.05, 0) is 36.6 Å². The van der Waals surface area contributed by atoms with Crippen molar-refractivity contribution in [2.45, 2.75) is 30.5 Å². The molecule has 0 aromatic heterocycles. The van der Waals surface area contributed by atoms with Crippen LogP contribution in [0.25, 0.3) is 5.57 Å². The largest absolute Gasteiger partial charge is 0.326 e. The summed E-state index contributed by atoms with van der Waals surface area (Å²) in [7, 11) is -6.92. The molecule has 110 valence electrons. The lowest BCUT2D eigenvalue weighted by Crippen LogP contribution is -2.18. The van der Waals surface area contributed by atoms with E-state index in [9.17, 15) is 16.8 Å². The minimum absolute atomic E-state index is 0.148. The number of benzene rings is 1. The Hall–Kier alpha value is -1.18. The van der Waals surface area contributed by atoms with Gasteiger partial charge < -0.3 is 5.73 Å². The van der Waals surface area contributed by atoms with Crippen molar-refractivity contribution in [1.29, 1.82) is 0 Å². The molecule has 7 heteroatoms. The van der Waals surface area contributed by atoms with E-state index in [1.165, 1.54) is 6.07 Å². The van der Waals surface area contributed by atoms with Gasteiger partial charge in [-0.25, -0.2) is 16.8 Å². The smallest absolute Gasteiger partial charge is 0.200 e. The van der Waals surface area contributed by atoms with Crippen LogP contribution in [0.2, 0.25) is 0 Å². The molecule has 0 saturated carbocycles. The molecule has 1 heterocycles. The summed E-state index contributed by atoms with van der Waals surface area (Å²) in [4.78, 5) is 0.148. The Labute approximate surface area is 119 Å². The molecule has 2 N–H and O–H groups in total. The maximum absolute atomic E-state index is 12.1. The third-order valence-electron chi connectivity index (χ3n) is 3.31. The number of sulfone groups is 2. The predicted octanol–water partition coefficient (Wildman–Crippen LogP) is 1.10. The Morgan fingerprint density at radius 3 is 2.45 bits per heavy atom. The van der Waals surface area contributed by atoms with Crippen LogP contribution in [0.3, 0.4) is 0 Å². The second-order valence-electron chi connectivity index (χ2n) is 5.08. The van der Waals surface area contributed by atoms with Gasteiger partial charge in [-0.15, -0.1) is 0 Å². The lowest BCUT2D eigenvalue weighted by molar-refractivity contribution is 0.590. The Kier molecular flexibility index (Phi) is 3.79. The molecule has 0 saturated heterocycles. The van der Waals surface area contributed by atoms with Gasteiger partial charge >= 0.3 is 0 Å². The van der Waals surface area contributed by atoms with E-state index >= 15 is 0 Å². The summed E-state index contributed by atoms with van der Waals surface area (Å²) in [5.74, 6) is -0.265. The number of fused-ring (bicyclic) bond motifs is 1. The highest BCUT2D eigenvalue weighted by atomic mass is 32.2. The highest BCUT2D eigenvalue weighted by Gasteiger charge is 2.30. The molecule has 1 aromatic rings. The van der Waals surface area contributed by atoms with Crippen molar-refractivity contribution < 1.29 is 16.8 Å². The molecule has 0 spiro atoms. The van der Waals surface area contributed by atoms with Gasteiger partial charge in [0.1, 0.15) is 0 Å². The van der Waals surface area contributed by atoms with Crippen LogP contribution in [0.4, 0.5) is 0 Å². The minimum Gasteiger partial charge on any atom is -0.326 e. The van der Waals surface area contributed by atoms with Gasteiger partial charge in [-0.2, -0.15) is 0 Å². The van der Waals surface area contributed by atoms with Gasteiger partial charge in [0.05, 0.1) is 15.9 Å². The summed E-state index contributed by atoms with van der Waals surface area (Å²) in [6.45, 7) is 3.40. The lowest BCUT2D eigenvalue weighted by atomic mass is 10.1. The minimum atomic E-state index is -3.57. The molecule has 0 radical (unpaired) electrons. The molecule has 0 atom stereocenters. The Morgan fingerprint density at radius 1 is 1.25 bits per heavy atom. The highest BCUT2D eigenvalue weighted by molar-refractivity contribution is 7.95. The number of rotatable bonds is 4. The third-order valence-corrected chi connectivity index (χ3v) is 7.00. The van der Waals surface area contributed by atoms with Crippen LogP contribution >= 0.6 is 0 Å². The third kappa shape index (κ3) is 2.65.